The van der Waals surface area contributed by atoms with Crippen molar-refractivity contribution >= 4 is 17.9 Å². The van der Waals surface area contributed by atoms with Crippen LogP contribution < -0.4 is 9.47 Å². The second-order valence-corrected chi connectivity index (χ2v) is 12.8. The second-order valence-electron chi connectivity index (χ2n) is 12.8. The molecule has 0 amide bonds. The van der Waals surface area contributed by atoms with Crippen molar-refractivity contribution in [3.8, 4) is 11.5 Å². The van der Waals surface area contributed by atoms with Crippen LogP contribution in [0.15, 0.2) is 102 Å². The van der Waals surface area contributed by atoms with E-state index in [2.05, 4.69) is 32.9 Å². The van der Waals surface area contributed by atoms with E-state index in [-0.39, 0.29) is 36.1 Å². The Kier molecular flexibility index (Phi) is 11.3. The molecule has 0 N–H and O–H groups in total. The number of benzene rings is 3. The molecule has 6 heteroatoms. The molecule has 6 nitrogen and oxygen atoms in total. The fourth-order valence-corrected chi connectivity index (χ4v) is 6.54. The molecule has 47 heavy (non-hydrogen) atoms. The maximum Gasteiger partial charge on any atom is 0.343 e. The van der Waals surface area contributed by atoms with Gasteiger partial charge in [-0.05, 0) is 107 Å². The molecule has 0 bridgehead atoms. The molecule has 1 unspecified atom stereocenters. The minimum Gasteiger partial charge on any atom is -0.462 e. The normalized spacial score (nSPS) is 17.5. The summed E-state index contributed by atoms with van der Waals surface area (Å²) in [6, 6.07) is 20.0. The summed E-state index contributed by atoms with van der Waals surface area (Å²) in [5.41, 5.74) is 5.28. The monoisotopic (exact) mass is 632 g/mol. The molecule has 0 saturated heterocycles. The van der Waals surface area contributed by atoms with E-state index in [0.717, 1.165) is 49.7 Å². The van der Waals surface area contributed by atoms with Gasteiger partial charge in [-0.1, -0.05) is 79.3 Å². The number of carbonyl (C=O) groups excluding carboxylic acids is 3. The Bertz CT molecular complexity index is 1680. The maximum absolute atomic E-state index is 13.5. The third-order valence-electron chi connectivity index (χ3n) is 9.02. The zero-order valence-corrected chi connectivity index (χ0v) is 27.8. The SMILES string of the molecule is CC(C)=CCC[C@H](COC(=O)c1ccccc1)C1CC[C@@H](C)c2c1cc(C)c(OC(=O)C1=CCCC=C1)c2OC(=O)c1ccccc1. The van der Waals surface area contributed by atoms with Crippen LogP contribution in [0.2, 0.25) is 0 Å². The van der Waals surface area contributed by atoms with Gasteiger partial charge in [0.25, 0.3) is 0 Å². The molecule has 0 aromatic heterocycles. The molecule has 0 radical (unpaired) electrons. The van der Waals surface area contributed by atoms with Crippen LogP contribution in [0.4, 0.5) is 0 Å². The highest BCUT2D eigenvalue weighted by atomic mass is 16.6. The van der Waals surface area contributed by atoms with E-state index in [4.69, 9.17) is 14.2 Å². The lowest BCUT2D eigenvalue weighted by Crippen LogP contribution is -2.27. The molecule has 3 aromatic carbocycles. The van der Waals surface area contributed by atoms with Crippen LogP contribution in [0.5, 0.6) is 11.5 Å². The van der Waals surface area contributed by atoms with E-state index in [1.807, 2.05) is 43.3 Å². The first-order valence-corrected chi connectivity index (χ1v) is 16.6. The van der Waals surface area contributed by atoms with Crippen molar-refractivity contribution in [1.29, 1.82) is 0 Å². The molecule has 2 aliphatic carbocycles. The topological polar surface area (TPSA) is 78.9 Å². The van der Waals surface area contributed by atoms with Gasteiger partial charge in [0.05, 0.1) is 23.3 Å². The molecular weight excluding hydrogens is 588 g/mol. The van der Waals surface area contributed by atoms with Crippen molar-refractivity contribution in [3.05, 3.63) is 130 Å². The van der Waals surface area contributed by atoms with Crippen LogP contribution in [0, 0.1) is 12.8 Å². The zero-order chi connectivity index (χ0) is 33.3. The molecule has 3 atom stereocenters. The van der Waals surface area contributed by atoms with E-state index in [1.165, 1.54) is 5.57 Å². The van der Waals surface area contributed by atoms with Gasteiger partial charge in [0.1, 0.15) is 0 Å². The van der Waals surface area contributed by atoms with Crippen LogP contribution in [-0.2, 0) is 9.53 Å². The van der Waals surface area contributed by atoms with Gasteiger partial charge >= 0.3 is 17.9 Å². The fraction of sp³-hybridized carbons (Fsp3) is 0.341. The van der Waals surface area contributed by atoms with Gasteiger partial charge in [-0.3, -0.25) is 0 Å². The Morgan fingerprint density at radius 1 is 0.851 bits per heavy atom. The van der Waals surface area contributed by atoms with E-state index in [0.29, 0.717) is 28.0 Å². The molecule has 0 fully saturated rings. The largest absolute Gasteiger partial charge is 0.462 e. The Morgan fingerprint density at radius 2 is 1.51 bits per heavy atom. The first-order chi connectivity index (χ1) is 22.7. The summed E-state index contributed by atoms with van der Waals surface area (Å²) >= 11 is 0. The predicted molar refractivity (Wildman–Crippen MR) is 184 cm³/mol. The van der Waals surface area contributed by atoms with Gasteiger partial charge in [0.15, 0.2) is 11.5 Å². The summed E-state index contributed by atoms with van der Waals surface area (Å²) in [7, 11) is 0. The molecule has 244 valence electrons. The van der Waals surface area contributed by atoms with Crippen molar-refractivity contribution in [3.63, 3.8) is 0 Å². The lowest BCUT2D eigenvalue weighted by Gasteiger charge is -2.36. The average Bonchev–Trinajstić information content (AvgIpc) is 3.08. The van der Waals surface area contributed by atoms with Gasteiger partial charge in [0.2, 0.25) is 0 Å². The Balaban J connectivity index is 1.55. The van der Waals surface area contributed by atoms with E-state index in [9.17, 15) is 14.4 Å². The highest BCUT2D eigenvalue weighted by Gasteiger charge is 2.37. The van der Waals surface area contributed by atoms with Crippen molar-refractivity contribution in [2.24, 2.45) is 5.92 Å². The Morgan fingerprint density at radius 3 is 2.15 bits per heavy atom. The van der Waals surface area contributed by atoms with Crippen molar-refractivity contribution in [2.45, 2.75) is 78.1 Å². The molecule has 0 spiro atoms. The van der Waals surface area contributed by atoms with Gasteiger partial charge in [0, 0.05) is 11.5 Å². The number of allylic oxidation sites excluding steroid dienone is 4. The summed E-state index contributed by atoms with van der Waals surface area (Å²) in [6.07, 6.45) is 12.9. The lowest BCUT2D eigenvalue weighted by atomic mass is 9.70. The number of esters is 3. The number of carbonyl (C=O) groups is 3. The van der Waals surface area contributed by atoms with E-state index >= 15 is 0 Å². The smallest absolute Gasteiger partial charge is 0.343 e. The van der Waals surface area contributed by atoms with Crippen molar-refractivity contribution in [2.75, 3.05) is 6.61 Å². The molecule has 3 aromatic rings. The zero-order valence-electron chi connectivity index (χ0n) is 27.8. The predicted octanol–water partition coefficient (Wildman–Crippen LogP) is 9.60. The number of hydrogen-bond donors (Lipinski definition) is 0. The summed E-state index contributed by atoms with van der Waals surface area (Å²) in [4.78, 5) is 39.9. The van der Waals surface area contributed by atoms with Crippen LogP contribution in [0.1, 0.15) is 109 Å². The van der Waals surface area contributed by atoms with Crippen molar-refractivity contribution < 1.29 is 28.6 Å². The Hall–Kier alpha value is -4.71. The number of fused-ring (bicyclic) bond motifs is 1. The van der Waals surface area contributed by atoms with Crippen LogP contribution in [0.3, 0.4) is 0 Å². The molecular formula is C41H44O6. The average molecular weight is 633 g/mol. The highest BCUT2D eigenvalue weighted by Crippen LogP contribution is 2.51. The minimum atomic E-state index is -0.515. The number of ether oxygens (including phenoxy) is 3. The van der Waals surface area contributed by atoms with Gasteiger partial charge in [-0.25, -0.2) is 14.4 Å². The standard InChI is InChI=1S/C41H44O6/c1-27(2)15-14-22-33(26-45-39(42)30-16-8-5-9-17-30)34-24-23-28(3)36-35(34)25-29(4)37(46-40(43)31-18-10-6-11-19-31)38(36)47-41(44)32-20-12-7-13-21-32/h5,7-10,12-13,15-21,25,28,33-34H,6,11,14,22-24,26H2,1-4H3/t28-,33-,34?/m1/s1. The third kappa shape index (κ3) is 8.37. The molecule has 2 aliphatic rings. The first kappa shape index (κ1) is 33.6. The number of aryl methyl sites for hydroxylation is 1. The molecule has 0 saturated carbocycles. The Labute approximate surface area is 278 Å². The van der Waals surface area contributed by atoms with Gasteiger partial charge < -0.3 is 14.2 Å². The minimum absolute atomic E-state index is 0.0209. The van der Waals surface area contributed by atoms with Crippen LogP contribution in [0.25, 0.3) is 0 Å². The summed E-state index contributed by atoms with van der Waals surface area (Å²) < 4.78 is 18.2. The highest BCUT2D eigenvalue weighted by molar-refractivity contribution is 5.95. The van der Waals surface area contributed by atoms with Gasteiger partial charge in [-0.15, -0.1) is 0 Å². The number of hydrogen-bond acceptors (Lipinski definition) is 6. The molecule has 0 heterocycles. The molecule has 5 rings (SSSR count). The first-order valence-electron chi connectivity index (χ1n) is 16.6. The fourth-order valence-electron chi connectivity index (χ4n) is 6.54. The third-order valence-corrected chi connectivity index (χ3v) is 9.02. The number of rotatable bonds is 11. The van der Waals surface area contributed by atoms with Crippen LogP contribution >= 0.6 is 0 Å². The molecule has 0 aliphatic heterocycles. The van der Waals surface area contributed by atoms with Crippen molar-refractivity contribution in [1.82, 2.24) is 0 Å². The maximum atomic E-state index is 13.5. The van der Waals surface area contributed by atoms with E-state index in [1.54, 1.807) is 42.5 Å². The van der Waals surface area contributed by atoms with E-state index < -0.39 is 11.9 Å². The quantitative estimate of drug-likeness (QED) is 0.119. The summed E-state index contributed by atoms with van der Waals surface area (Å²) in [5, 5.41) is 0. The summed E-state index contributed by atoms with van der Waals surface area (Å²) in [5.74, 6) is -0.677. The van der Waals surface area contributed by atoms with Gasteiger partial charge in [-0.2, -0.15) is 0 Å². The summed E-state index contributed by atoms with van der Waals surface area (Å²) in [6.45, 7) is 8.44. The van der Waals surface area contributed by atoms with Crippen LogP contribution in [-0.4, -0.2) is 24.5 Å². The second kappa shape index (κ2) is 15.7. The lowest BCUT2D eigenvalue weighted by molar-refractivity contribution is -0.130.